The number of aliphatic hydroxyl groups is 1. The molecular formula is C19H15ClF2N2O3S. The van der Waals surface area contributed by atoms with Gasteiger partial charge in [-0.3, -0.25) is 4.79 Å². The second-order valence-electron chi connectivity index (χ2n) is 5.68. The number of aliphatic hydroxyl groups excluding tert-OH is 1. The highest BCUT2D eigenvalue weighted by atomic mass is 35.5. The molecule has 0 aliphatic rings. The van der Waals surface area contributed by atoms with E-state index in [1.54, 1.807) is 12.1 Å². The van der Waals surface area contributed by atoms with Gasteiger partial charge in [-0.15, -0.1) is 11.3 Å². The summed E-state index contributed by atoms with van der Waals surface area (Å²) >= 11 is 7.33. The number of ether oxygens (including phenoxy) is 1. The zero-order valence-corrected chi connectivity index (χ0v) is 15.9. The lowest BCUT2D eigenvalue weighted by atomic mass is 10.1. The molecule has 0 fully saturated rings. The molecule has 0 aliphatic heterocycles. The monoisotopic (exact) mass is 424 g/mol. The second-order valence-corrected chi connectivity index (χ2v) is 7.12. The van der Waals surface area contributed by atoms with Crippen LogP contribution in [0.2, 0.25) is 5.02 Å². The maximum atomic E-state index is 12.3. The van der Waals surface area contributed by atoms with Gasteiger partial charge < -0.3 is 15.2 Å². The summed E-state index contributed by atoms with van der Waals surface area (Å²) in [7, 11) is 0. The Morgan fingerprint density at radius 2 is 1.93 bits per heavy atom. The van der Waals surface area contributed by atoms with Crippen molar-refractivity contribution in [1.29, 1.82) is 0 Å². The van der Waals surface area contributed by atoms with E-state index in [4.69, 9.17) is 11.6 Å². The fourth-order valence-corrected chi connectivity index (χ4v) is 3.56. The molecule has 5 nitrogen and oxygen atoms in total. The number of hydrogen-bond acceptors (Lipinski definition) is 5. The predicted octanol–water partition coefficient (Wildman–Crippen LogP) is 4.53. The number of benzene rings is 2. The van der Waals surface area contributed by atoms with E-state index >= 15 is 0 Å². The number of rotatable bonds is 7. The molecule has 1 amide bonds. The minimum Gasteiger partial charge on any atom is -0.435 e. The van der Waals surface area contributed by atoms with E-state index in [0.29, 0.717) is 20.5 Å². The van der Waals surface area contributed by atoms with Gasteiger partial charge in [-0.1, -0.05) is 41.9 Å². The Labute approximate surface area is 168 Å². The van der Waals surface area contributed by atoms with Crippen molar-refractivity contribution in [2.24, 2.45) is 0 Å². The lowest BCUT2D eigenvalue weighted by Crippen LogP contribution is -2.27. The van der Waals surface area contributed by atoms with Gasteiger partial charge in [0.15, 0.2) is 0 Å². The predicted molar refractivity (Wildman–Crippen MR) is 103 cm³/mol. The first-order valence-corrected chi connectivity index (χ1v) is 9.35. The molecule has 2 aromatic carbocycles. The van der Waals surface area contributed by atoms with Gasteiger partial charge in [-0.2, -0.15) is 8.78 Å². The number of alkyl halides is 2. The summed E-state index contributed by atoms with van der Waals surface area (Å²) in [5.41, 5.74) is 1.20. The number of amides is 1. The molecule has 2 N–H and O–H groups in total. The first-order valence-electron chi connectivity index (χ1n) is 8.16. The number of halogens is 3. The third-order valence-corrected chi connectivity index (χ3v) is 5.14. The zero-order valence-electron chi connectivity index (χ0n) is 14.3. The fourth-order valence-electron chi connectivity index (χ4n) is 2.40. The number of hydrogen-bond donors (Lipinski definition) is 2. The molecule has 1 unspecified atom stereocenters. The van der Waals surface area contributed by atoms with Gasteiger partial charge in [0.05, 0.1) is 17.3 Å². The summed E-state index contributed by atoms with van der Waals surface area (Å²) in [6.45, 7) is -2.96. The van der Waals surface area contributed by atoms with Crippen molar-refractivity contribution in [2.75, 3.05) is 6.54 Å². The summed E-state index contributed by atoms with van der Waals surface area (Å²) in [4.78, 5) is 16.9. The third kappa shape index (κ3) is 5.03. The molecule has 0 spiro atoms. The highest BCUT2D eigenvalue weighted by molar-refractivity contribution is 7.17. The SMILES string of the molecule is O=C(NCC(O)c1ccc(OC(F)F)cc1)c1cnc(-c2ccccc2Cl)s1. The number of carbonyl (C=O) groups excluding carboxylic acids is 1. The van der Waals surface area contributed by atoms with Crippen molar-refractivity contribution in [3.05, 3.63) is 70.2 Å². The summed E-state index contributed by atoms with van der Waals surface area (Å²) in [5.74, 6) is -0.390. The van der Waals surface area contributed by atoms with E-state index in [9.17, 15) is 18.7 Å². The Balaban J connectivity index is 1.59. The summed E-state index contributed by atoms with van der Waals surface area (Å²) in [6.07, 6.45) is 0.446. The molecule has 9 heteroatoms. The Kier molecular flexibility index (Phi) is 6.56. The quantitative estimate of drug-likeness (QED) is 0.584. The molecule has 3 rings (SSSR count). The van der Waals surface area contributed by atoms with Crippen LogP contribution < -0.4 is 10.1 Å². The average Bonchev–Trinajstić information content (AvgIpc) is 3.16. The van der Waals surface area contributed by atoms with Crippen molar-refractivity contribution in [2.45, 2.75) is 12.7 Å². The van der Waals surface area contributed by atoms with E-state index in [1.165, 1.54) is 41.8 Å². The zero-order chi connectivity index (χ0) is 20.1. The van der Waals surface area contributed by atoms with E-state index in [1.807, 2.05) is 12.1 Å². The molecule has 3 aromatic rings. The van der Waals surface area contributed by atoms with Gasteiger partial charge in [-0.05, 0) is 23.8 Å². The summed E-state index contributed by atoms with van der Waals surface area (Å²) < 4.78 is 28.6. The largest absolute Gasteiger partial charge is 0.435 e. The Morgan fingerprint density at radius 3 is 2.61 bits per heavy atom. The highest BCUT2D eigenvalue weighted by Crippen LogP contribution is 2.31. The minimum atomic E-state index is -2.91. The normalized spacial score (nSPS) is 12.0. The van der Waals surface area contributed by atoms with Gasteiger partial charge in [0.2, 0.25) is 0 Å². The van der Waals surface area contributed by atoms with Crippen molar-refractivity contribution in [3.8, 4) is 16.3 Å². The van der Waals surface area contributed by atoms with Crippen LogP contribution in [0.4, 0.5) is 8.78 Å². The van der Waals surface area contributed by atoms with Crippen LogP contribution in [0, 0.1) is 0 Å². The Morgan fingerprint density at radius 1 is 1.21 bits per heavy atom. The molecule has 0 aliphatic carbocycles. The first kappa shape index (κ1) is 20.2. The summed E-state index contributed by atoms with van der Waals surface area (Å²) in [6, 6.07) is 12.8. The van der Waals surface area contributed by atoms with Crippen LogP contribution in [0.25, 0.3) is 10.6 Å². The van der Waals surface area contributed by atoms with Crippen molar-refractivity contribution in [3.63, 3.8) is 0 Å². The van der Waals surface area contributed by atoms with Gasteiger partial charge >= 0.3 is 6.61 Å². The standard InChI is InChI=1S/C19H15ClF2N2O3S/c20-14-4-2-1-3-13(14)18-24-10-16(28-18)17(26)23-9-15(25)11-5-7-12(8-6-11)27-19(21)22/h1-8,10,15,19,25H,9H2,(H,23,26). The fraction of sp³-hybridized carbons (Fsp3) is 0.158. The van der Waals surface area contributed by atoms with Gasteiger partial charge in [-0.25, -0.2) is 4.98 Å². The maximum absolute atomic E-state index is 12.3. The van der Waals surface area contributed by atoms with Crippen molar-refractivity contribution < 1.29 is 23.4 Å². The van der Waals surface area contributed by atoms with Crippen LogP contribution >= 0.6 is 22.9 Å². The average molecular weight is 425 g/mol. The third-order valence-electron chi connectivity index (χ3n) is 3.78. The van der Waals surface area contributed by atoms with Gasteiger partial charge in [0.25, 0.3) is 5.91 Å². The minimum absolute atomic E-state index is 0.00764. The molecule has 0 saturated heterocycles. The number of nitrogens with zero attached hydrogens (tertiary/aromatic N) is 1. The van der Waals surface area contributed by atoms with Crippen LogP contribution in [0.5, 0.6) is 5.75 Å². The van der Waals surface area contributed by atoms with E-state index in [0.717, 1.165) is 5.56 Å². The molecule has 0 radical (unpaired) electrons. The van der Waals surface area contributed by atoms with Crippen molar-refractivity contribution in [1.82, 2.24) is 10.3 Å². The second kappa shape index (κ2) is 9.09. The molecule has 1 aromatic heterocycles. The number of aromatic nitrogens is 1. The van der Waals surface area contributed by atoms with E-state index in [-0.39, 0.29) is 18.2 Å². The molecule has 146 valence electrons. The van der Waals surface area contributed by atoms with Crippen LogP contribution in [0.15, 0.2) is 54.7 Å². The number of nitrogens with one attached hydrogen (secondary N) is 1. The molecule has 1 heterocycles. The van der Waals surface area contributed by atoms with Crippen LogP contribution in [-0.4, -0.2) is 29.2 Å². The van der Waals surface area contributed by atoms with Crippen LogP contribution in [0.3, 0.4) is 0 Å². The molecule has 1 atom stereocenters. The molecule has 28 heavy (non-hydrogen) atoms. The maximum Gasteiger partial charge on any atom is 0.387 e. The molecular weight excluding hydrogens is 410 g/mol. The topological polar surface area (TPSA) is 71.5 Å². The summed E-state index contributed by atoms with van der Waals surface area (Å²) in [5, 5.41) is 14.0. The Hall–Kier alpha value is -2.55. The lowest BCUT2D eigenvalue weighted by Gasteiger charge is -2.12. The van der Waals surface area contributed by atoms with Crippen LogP contribution in [-0.2, 0) is 0 Å². The molecule has 0 saturated carbocycles. The first-order chi connectivity index (χ1) is 13.4. The van der Waals surface area contributed by atoms with Crippen molar-refractivity contribution >= 4 is 28.8 Å². The Bertz CT molecular complexity index is 950. The van der Waals surface area contributed by atoms with E-state index < -0.39 is 12.7 Å². The number of carbonyl (C=O) groups is 1. The lowest BCUT2D eigenvalue weighted by molar-refractivity contribution is -0.0498. The highest BCUT2D eigenvalue weighted by Gasteiger charge is 2.15. The van der Waals surface area contributed by atoms with Gasteiger partial charge in [0, 0.05) is 12.1 Å². The smallest absolute Gasteiger partial charge is 0.387 e. The van der Waals surface area contributed by atoms with Gasteiger partial charge in [0.1, 0.15) is 15.6 Å². The van der Waals surface area contributed by atoms with E-state index in [2.05, 4.69) is 15.0 Å². The number of thiazole rings is 1. The molecule has 0 bridgehead atoms. The van der Waals surface area contributed by atoms with Crippen LogP contribution in [0.1, 0.15) is 21.3 Å².